The van der Waals surface area contributed by atoms with Crippen LogP contribution in [0.3, 0.4) is 0 Å². The summed E-state index contributed by atoms with van der Waals surface area (Å²) in [5.41, 5.74) is 0.839. The first-order valence-electron chi connectivity index (χ1n) is 8.39. The van der Waals surface area contributed by atoms with Crippen molar-refractivity contribution < 1.29 is 23.9 Å². The van der Waals surface area contributed by atoms with Crippen molar-refractivity contribution >= 4 is 29.6 Å². The minimum absolute atomic E-state index is 0.0783. The van der Waals surface area contributed by atoms with Crippen LogP contribution in [0.2, 0.25) is 0 Å². The van der Waals surface area contributed by atoms with Crippen LogP contribution in [-0.2, 0) is 25.7 Å². The summed E-state index contributed by atoms with van der Waals surface area (Å²) in [5, 5.41) is 4.91. The van der Waals surface area contributed by atoms with Crippen molar-refractivity contribution in [3.63, 3.8) is 0 Å². The second-order valence-electron chi connectivity index (χ2n) is 6.02. The zero-order valence-corrected chi connectivity index (χ0v) is 15.8. The molecule has 2 N–H and O–H groups in total. The van der Waals surface area contributed by atoms with Gasteiger partial charge in [0.25, 0.3) is 0 Å². The molecule has 8 heteroatoms. The lowest BCUT2D eigenvalue weighted by atomic mass is 10.0. The summed E-state index contributed by atoms with van der Waals surface area (Å²) < 4.78 is 9.98. The van der Waals surface area contributed by atoms with E-state index in [0.29, 0.717) is 6.42 Å². The third-order valence-electron chi connectivity index (χ3n) is 3.25. The number of carbonyl (C=O) groups is 3. The van der Waals surface area contributed by atoms with E-state index in [-0.39, 0.29) is 31.6 Å². The van der Waals surface area contributed by atoms with E-state index in [2.05, 4.69) is 10.6 Å². The van der Waals surface area contributed by atoms with Crippen molar-refractivity contribution in [1.29, 1.82) is 0 Å². The van der Waals surface area contributed by atoms with Gasteiger partial charge in [-0.05, 0) is 17.9 Å². The molecule has 0 unspecified atom stereocenters. The Hall–Kier alpha value is -2.28. The number of carbonyl (C=O) groups excluding carboxylic acids is 3. The molecule has 144 valence electrons. The number of alkyl carbamates (subject to hydrolysis) is 1. The smallest absolute Gasteiger partial charge is 0.407 e. The first-order chi connectivity index (χ1) is 12.4. The van der Waals surface area contributed by atoms with E-state index in [1.54, 1.807) is 0 Å². The first kappa shape index (κ1) is 21.8. The molecule has 1 aromatic rings. The van der Waals surface area contributed by atoms with Crippen molar-refractivity contribution in [2.24, 2.45) is 5.92 Å². The van der Waals surface area contributed by atoms with Gasteiger partial charge in [-0.25, -0.2) is 9.59 Å². The molecule has 0 heterocycles. The summed E-state index contributed by atoms with van der Waals surface area (Å²) in [6.07, 6.45) is -0.292. The SMILES string of the molecule is CC(C)C[C@H](NC(=O)CNC(=O)OCc1ccccc1)C(=O)OCCCl. The number of alkyl halides is 1. The highest BCUT2D eigenvalue weighted by molar-refractivity contribution is 6.18. The van der Waals surface area contributed by atoms with Crippen LogP contribution in [0.15, 0.2) is 30.3 Å². The van der Waals surface area contributed by atoms with E-state index >= 15 is 0 Å². The van der Waals surface area contributed by atoms with Gasteiger partial charge in [0, 0.05) is 0 Å². The van der Waals surface area contributed by atoms with Crippen LogP contribution < -0.4 is 10.6 Å². The lowest BCUT2D eigenvalue weighted by Gasteiger charge is -2.19. The van der Waals surface area contributed by atoms with Gasteiger partial charge in [-0.2, -0.15) is 0 Å². The van der Waals surface area contributed by atoms with Gasteiger partial charge in [0.05, 0.1) is 5.88 Å². The summed E-state index contributed by atoms with van der Waals surface area (Å²) in [5.74, 6) is -0.690. The molecule has 0 spiro atoms. The molecule has 1 rings (SSSR count). The highest BCUT2D eigenvalue weighted by Gasteiger charge is 2.23. The average molecular weight is 385 g/mol. The molecule has 0 aliphatic carbocycles. The van der Waals surface area contributed by atoms with E-state index in [1.807, 2.05) is 44.2 Å². The van der Waals surface area contributed by atoms with Crippen LogP contribution in [0.1, 0.15) is 25.8 Å². The largest absolute Gasteiger partial charge is 0.463 e. The second-order valence-corrected chi connectivity index (χ2v) is 6.40. The monoisotopic (exact) mass is 384 g/mol. The Morgan fingerprint density at radius 3 is 2.42 bits per heavy atom. The molecule has 2 amide bonds. The summed E-state index contributed by atoms with van der Waals surface area (Å²) >= 11 is 5.49. The van der Waals surface area contributed by atoms with E-state index in [9.17, 15) is 14.4 Å². The Balaban J connectivity index is 2.38. The molecule has 0 aromatic heterocycles. The highest BCUT2D eigenvalue weighted by Crippen LogP contribution is 2.06. The van der Waals surface area contributed by atoms with Crippen molar-refractivity contribution in [3.05, 3.63) is 35.9 Å². The number of ether oxygens (including phenoxy) is 2. The molecule has 7 nitrogen and oxygen atoms in total. The molecule has 0 bridgehead atoms. The summed E-state index contributed by atoms with van der Waals surface area (Å²) in [7, 11) is 0. The van der Waals surface area contributed by atoms with Gasteiger partial charge in [0.1, 0.15) is 25.8 Å². The Labute approximate surface area is 158 Å². The number of hydrogen-bond donors (Lipinski definition) is 2. The van der Waals surface area contributed by atoms with Crippen molar-refractivity contribution in [2.45, 2.75) is 32.9 Å². The molecule has 26 heavy (non-hydrogen) atoms. The Morgan fingerprint density at radius 1 is 1.12 bits per heavy atom. The van der Waals surface area contributed by atoms with Crippen LogP contribution in [0, 0.1) is 5.92 Å². The lowest BCUT2D eigenvalue weighted by Crippen LogP contribution is -2.46. The fourth-order valence-corrected chi connectivity index (χ4v) is 2.17. The quantitative estimate of drug-likeness (QED) is 0.476. The molecular weight excluding hydrogens is 360 g/mol. The third kappa shape index (κ3) is 9.27. The van der Waals surface area contributed by atoms with Crippen molar-refractivity contribution in [2.75, 3.05) is 19.0 Å². The average Bonchev–Trinajstić information content (AvgIpc) is 2.62. The minimum Gasteiger partial charge on any atom is -0.463 e. The fourth-order valence-electron chi connectivity index (χ4n) is 2.10. The number of rotatable bonds is 10. The molecule has 0 aliphatic heterocycles. The minimum atomic E-state index is -0.784. The van der Waals surface area contributed by atoms with Gasteiger partial charge in [0.2, 0.25) is 5.91 Å². The van der Waals surface area contributed by atoms with E-state index in [1.165, 1.54) is 0 Å². The van der Waals surface area contributed by atoms with Gasteiger partial charge in [-0.15, -0.1) is 11.6 Å². The van der Waals surface area contributed by atoms with Crippen molar-refractivity contribution in [1.82, 2.24) is 10.6 Å². The highest BCUT2D eigenvalue weighted by atomic mass is 35.5. The van der Waals surface area contributed by atoms with E-state index < -0.39 is 24.0 Å². The van der Waals surface area contributed by atoms with Gasteiger partial charge in [0.15, 0.2) is 0 Å². The number of hydrogen-bond acceptors (Lipinski definition) is 5. The maximum atomic E-state index is 12.0. The number of benzene rings is 1. The van der Waals surface area contributed by atoms with Crippen LogP contribution in [0.5, 0.6) is 0 Å². The Bertz CT molecular complexity index is 580. The van der Waals surface area contributed by atoms with Gasteiger partial charge < -0.3 is 20.1 Å². The van der Waals surface area contributed by atoms with Crippen LogP contribution >= 0.6 is 11.6 Å². The maximum absolute atomic E-state index is 12.0. The standard InChI is InChI=1S/C18H25ClN2O5/c1-13(2)10-15(17(23)25-9-8-19)21-16(22)11-20-18(24)26-12-14-6-4-3-5-7-14/h3-7,13,15H,8-12H2,1-2H3,(H,20,24)(H,21,22)/t15-/m0/s1. The fraction of sp³-hybridized carbons (Fsp3) is 0.500. The van der Waals surface area contributed by atoms with Gasteiger partial charge >= 0.3 is 12.1 Å². The molecular formula is C18H25ClN2O5. The van der Waals surface area contributed by atoms with Crippen molar-refractivity contribution in [3.8, 4) is 0 Å². The third-order valence-corrected chi connectivity index (χ3v) is 3.41. The molecule has 0 saturated heterocycles. The first-order valence-corrected chi connectivity index (χ1v) is 8.92. The summed E-state index contributed by atoms with van der Waals surface area (Å²) in [6.45, 7) is 3.73. The normalized spacial score (nSPS) is 11.5. The number of halogens is 1. The zero-order valence-electron chi connectivity index (χ0n) is 15.0. The zero-order chi connectivity index (χ0) is 19.4. The van der Waals surface area contributed by atoms with Crippen LogP contribution in [-0.4, -0.2) is 43.0 Å². The van der Waals surface area contributed by atoms with Gasteiger partial charge in [-0.3, -0.25) is 4.79 Å². The molecule has 0 radical (unpaired) electrons. The van der Waals surface area contributed by atoms with E-state index in [4.69, 9.17) is 21.1 Å². The number of esters is 1. The van der Waals surface area contributed by atoms with Gasteiger partial charge in [-0.1, -0.05) is 44.2 Å². The molecule has 1 atom stereocenters. The predicted molar refractivity (Wildman–Crippen MR) is 97.7 cm³/mol. The molecule has 0 saturated carbocycles. The summed E-state index contributed by atoms with van der Waals surface area (Å²) in [4.78, 5) is 35.6. The molecule has 1 aromatic carbocycles. The number of nitrogens with one attached hydrogen (secondary N) is 2. The van der Waals surface area contributed by atoms with Crippen LogP contribution in [0.25, 0.3) is 0 Å². The molecule has 0 fully saturated rings. The second kappa shape index (κ2) is 12.1. The Morgan fingerprint density at radius 2 is 1.81 bits per heavy atom. The molecule has 0 aliphatic rings. The topological polar surface area (TPSA) is 93.7 Å². The van der Waals surface area contributed by atoms with Crippen LogP contribution in [0.4, 0.5) is 4.79 Å². The lowest BCUT2D eigenvalue weighted by molar-refractivity contribution is -0.147. The number of amides is 2. The predicted octanol–water partition coefficient (Wildman–Crippen LogP) is 2.23. The summed E-state index contributed by atoms with van der Waals surface area (Å²) in [6, 6.07) is 8.39. The Kier molecular flexibility index (Phi) is 10.2. The maximum Gasteiger partial charge on any atom is 0.407 e. The van der Waals surface area contributed by atoms with E-state index in [0.717, 1.165) is 5.56 Å².